The van der Waals surface area contributed by atoms with Crippen LogP contribution >= 0.6 is 0 Å². The molecule has 0 atom stereocenters. The molecule has 0 aliphatic carbocycles. The topological polar surface area (TPSA) is 98.7 Å². The van der Waals surface area contributed by atoms with Crippen LogP contribution in [0.15, 0.2) is 42.5 Å². The first-order chi connectivity index (χ1) is 9.94. The highest BCUT2D eigenvalue weighted by molar-refractivity contribution is 6.00. The van der Waals surface area contributed by atoms with Gasteiger partial charge in [0.25, 0.3) is 0 Å². The third kappa shape index (κ3) is 3.97. The minimum absolute atomic E-state index is 0.0544. The average Bonchev–Trinajstić information content (AvgIpc) is 2.37. The third-order valence-corrected chi connectivity index (χ3v) is 2.71. The lowest BCUT2D eigenvalue weighted by atomic mass is 10.1. The number of carbonyl (C=O) groups is 2. The van der Waals surface area contributed by atoms with E-state index < -0.39 is 6.03 Å². The van der Waals surface area contributed by atoms with Gasteiger partial charge in [0.2, 0.25) is 0 Å². The molecule has 0 fully saturated rings. The Morgan fingerprint density at radius 1 is 0.857 bits per heavy atom. The molecule has 0 aliphatic rings. The van der Waals surface area contributed by atoms with Crippen LogP contribution in [0.1, 0.15) is 17.3 Å². The van der Waals surface area contributed by atoms with Gasteiger partial charge in [-0.25, -0.2) is 4.79 Å². The molecule has 0 spiro atoms. The van der Waals surface area contributed by atoms with Gasteiger partial charge in [-0.15, -0.1) is 0 Å². The number of hydrogen-bond acceptors (Lipinski definition) is 4. The molecule has 6 nitrogen and oxygen atoms in total. The van der Waals surface area contributed by atoms with Gasteiger partial charge in [0.05, 0.1) is 0 Å². The van der Waals surface area contributed by atoms with Gasteiger partial charge in [-0.1, -0.05) is 0 Å². The Hall–Kier alpha value is -3.02. The van der Waals surface area contributed by atoms with Gasteiger partial charge in [-0.2, -0.15) is 0 Å². The maximum Gasteiger partial charge on any atom is 0.323 e. The van der Waals surface area contributed by atoms with Crippen LogP contribution in [-0.4, -0.2) is 22.0 Å². The Morgan fingerprint density at radius 3 is 1.90 bits per heavy atom. The lowest BCUT2D eigenvalue weighted by Gasteiger charge is -2.08. The van der Waals surface area contributed by atoms with E-state index in [1.54, 1.807) is 24.3 Å². The predicted molar refractivity (Wildman–Crippen MR) is 78.9 cm³/mol. The van der Waals surface area contributed by atoms with Crippen molar-refractivity contribution in [2.75, 3.05) is 10.6 Å². The van der Waals surface area contributed by atoms with Crippen molar-refractivity contribution in [2.24, 2.45) is 0 Å². The molecule has 6 heteroatoms. The molecule has 2 aromatic rings. The molecular weight excluding hydrogens is 272 g/mol. The highest BCUT2D eigenvalue weighted by Gasteiger charge is 2.06. The van der Waals surface area contributed by atoms with Crippen molar-refractivity contribution < 1.29 is 19.8 Å². The van der Waals surface area contributed by atoms with Crippen molar-refractivity contribution in [2.45, 2.75) is 6.92 Å². The van der Waals surface area contributed by atoms with E-state index in [2.05, 4.69) is 10.6 Å². The standard InChI is InChI=1S/C15H14N2O4/c1-9(18)10-2-4-11(5-3-10)16-15(21)17-12-6-13(19)8-14(20)7-12/h2-8,19-20H,1H3,(H2,16,17,21). The predicted octanol–water partition coefficient (Wildman–Crippen LogP) is 2.94. The van der Waals surface area contributed by atoms with E-state index in [0.29, 0.717) is 11.3 Å². The highest BCUT2D eigenvalue weighted by Crippen LogP contribution is 2.24. The van der Waals surface area contributed by atoms with Crippen LogP contribution in [0, 0.1) is 0 Å². The zero-order valence-electron chi connectivity index (χ0n) is 11.3. The number of anilines is 2. The lowest BCUT2D eigenvalue weighted by molar-refractivity contribution is 0.101. The maximum absolute atomic E-state index is 11.8. The van der Waals surface area contributed by atoms with E-state index in [1.807, 2.05) is 0 Å². The van der Waals surface area contributed by atoms with E-state index in [1.165, 1.54) is 19.1 Å². The summed E-state index contributed by atoms with van der Waals surface area (Å²) in [6.07, 6.45) is 0. The number of rotatable bonds is 3. The summed E-state index contributed by atoms with van der Waals surface area (Å²) in [5.41, 5.74) is 1.33. The molecule has 2 amide bonds. The number of ketones is 1. The number of aromatic hydroxyl groups is 2. The molecule has 0 saturated carbocycles. The van der Waals surface area contributed by atoms with Crippen LogP contribution < -0.4 is 10.6 Å². The molecule has 0 unspecified atom stereocenters. The highest BCUT2D eigenvalue weighted by atomic mass is 16.3. The van der Waals surface area contributed by atoms with Gasteiger partial charge < -0.3 is 20.8 Å². The number of benzene rings is 2. The van der Waals surface area contributed by atoms with E-state index in [9.17, 15) is 19.8 Å². The zero-order valence-corrected chi connectivity index (χ0v) is 11.3. The maximum atomic E-state index is 11.8. The number of Topliss-reactive ketones (excluding diaryl/α,β-unsaturated/α-hetero) is 1. The van der Waals surface area contributed by atoms with Gasteiger partial charge in [-0.05, 0) is 31.2 Å². The number of phenolic OH excluding ortho intramolecular Hbond substituents is 2. The van der Waals surface area contributed by atoms with E-state index >= 15 is 0 Å². The lowest BCUT2D eigenvalue weighted by Crippen LogP contribution is -2.19. The van der Waals surface area contributed by atoms with Gasteiger partial charge in [0.1, 0.15) is 11.5 Å². The number of hydrogen-bond donors (Lipinski definition) is 4. The molecule has 0 radical (unpaired) electrons. The molecule has 0 aliphatic heterocycles. The summed E-state index contributed by atoms with van der Waals surface area (Å²) in [4.78, 5) is 22.9. The van der Waals surface area contributed by atoms with Crippen molar-refractivity contribution in [1.82, 2.24) is 0 Å². The van der Waals surface area contributed by atoms with Crippen molar-refractivity contribution in [1.29, 1.82) is 0 Å². The van der Waals surface area contributed by atoms with Gasteiger partial charge in [0.15, 0.2) is 5.78 Å². The first-order valence-corrected chi connectivity index (χ1v) is 6.16. The number of nitrogens with one attached hydrogen (secondary N) is 2. The fraction of sp³-hybridized carbons (Fsp3) is 0.0667. The summed E-state index contributed by atoms with van der Waals surface area (Å²) in [5.74, 6) is -0.367. The normalized spacial score (nSPS) is 9.95. The molecule has 0 heterocycles. The molecule has 2 rings (SSSR count). The minimum Gasteiger partial charge on any atom is -0.508 e. The molecular formula is C15H14N2O4. The second-order valence-electron chi connectivity index (χ2n) is 4.45. The van der Waals surface area contributed by atoms with Crippen LogP contribution in [-0.2, 0) is 0 Å². The summed E-state index contributed by atoms with van der Waals surface area (Å²) in [6.45, 7) is 1.46. The fourth-order valence-corrected chi connectivity index (χ4v) is 1.75. The van der Waals surface area contributed by atoms with Crippen LogP contribution in [0.5, 0.6) is 11.5 Å². The third-order valence-electron chi connectivity index (χ3n) is 2.71. The largest absolute Gasteiger partial charge is 0.508 e. The molecule has 2 aromatic carbocycles. The number of carbonyl (C=O) groups excluding carboxylic acids is 2. The Morgan fingerprint density at radius 2 is 1.38 bits per heavy atom. The molecule has 21 heavy (non-hydrogen) atoms. The van der Waals surface area contributed by atoms with Crippen LogP contribution in [0.25, 0.3) is 0 Å². The average molecular weight is 286 g/mol. The Balaban J connectivity index is 2.02. The molecule has 0 saturated heterocycles. The van der Waals surface area contributed by atoms with Crippen molar-refractivity contribution >= 4 is 23.2 Å². The molecule has 0 aromatic heterocycles. The monoisotopic (exact) mass is 286 g/mol. The van der Waals surface area contributed by atoms with Crippen molar-refractivity contribution in [3.8, 4) is 11.5 Å². The molecule has 4 N–H and O–H groups in total. The summed E-state index contributed by atoms with van der Waals surface area (Å²) in [6, 6.07) is 9.67. The summed E-state index contributed by atoms with van der Waals surface area (Å²) < 4.78 is 0. The Labute approximate surface area is 121 Å². The first kappa shape index (κ1) is 14.4. The first-order valence-electron chi connectivity index (χ1n) is 6.16. The van der Waals surface area contributed by atoms with E-state index in [4.69, 9.17) is 0 Å². The summed E-state index contributed by atoms with van der Waals surface area (Å²) in [7, 11) is 0. The number of amides is 2. The van der Waals surface area contributed by atoms with Crippen LogP contribution in [0.4, 0.5) is 16.2 Å². The van der Waals surface area contributed by atoms with E-state index in [0.717, 1.165) is 6.07 Å². The van der Waals surface area contributed by atoms with Crippen molar-refractivity contribution in [3.63, 3.8) is 0 Å². The molecule has 108 valence electrons. The second-order valence-corrected chi connectivity index (χ2v) is 4.45. The SMILES string of the molecule is CC(=O)c1ccc(NC(=O)Nc2cc(O)cc(O)c2)cc1. The van der Waals surface area contributed by atoms with Gasteiger partial charge in [0, 0.05) is 35.1 Å². The number of phenols is 2. The second kappa shape index (κ2) is 5.96. The fourth-order valence-electron chi connectivity index (χ4n) is 1.75. The quantitative estimate of drug-likeness (QED) is 0.652. The molecule has 0 bridgehead atoms. The van der Waals surface area contributed by atoms with Crippen LogP contribution in [0.2, 0.25) is 0 Å². The summed E-state index contributed by atoms with van der Waals surface area (Å²) in [5, 5.41) is 23.7. The Kier molecular flexibility index (Phi) is 4.08. The van der Waals surface area contributed by atoms with Crippen LogP contribution in [0.3, 0.4) is 0 Å². The van der Waals surface area contributed by atoms with E-state index in [-0.39, 0.29) is 23.0 Å². The number of urea groups is 1. The van der Waals surface area contributed by atoms with Gasteiger partial charge in [-0.3, -0.25) is 4.79 Å². The minimum atomic E-state index is -0.532. The van der Waals surface area contributed by atoms with Gasteiger partial charge >= 0.3 is 6.03 Å². The zero-order chi connectivity index (χ0) is 15.4. The van der Waals surface area contributed by atoms with Crippen molar-refractivity contribution in [3.05, 3.63) is 48.0 Å². The Bertz CT molecular complexity index is 660. The summed E-state index contributed by atoms with van der Waals surface area (Å²) >= 11 is 0. The smallest absolute Gasteiger partial charge is 0.323 e.